The summed E-state index contributed by atoms with van der Waals surface area (Å²) in [5.41, 5.74) is 6.96. The summed E-state index contributed by atoms with van der Waals surface area (Å²) in [6.45, 7) is 6.46. The second-order valence-electron chi connectivity index (χ2n) is 8.60. The molecule has 4 heterocycles. The van der Waals surface area contributed by atoms with Crippen LogP contribution in [0.5, 0.6) is 0 Å². The molecule has 2 aromatic rings. The van der Waals surface area contributed by atoms with E-state index in [9.17, 15) is 14.4 Å². The Hall–Kier alpha value is -3.10. The first kappa shape index (κ1) is 20.8. The van der Waals surface area contributed by atoms with Crippen LogP contribution in [0, 0.1) is 6.92 Å². The van der Waals surface area contributed by atoms with E-state index >= 15 is 0 Å². The number of carbonyl (C=O) groups is 2. The summed E-state index contributed by atoms with van der Waals surface area (Å²) in [6.07, 6.45) is 1.58. The molecule has 2 atom stereocenters. The molecule has 166 valence electrons. The van der Waals surface area contributed by atoms with E-state index in [4.69, 9.17) is 11.6 Å². The second-order valence-corrected chi connectivity index (χ2v) is 9.04. The van der Waals surface area contributed by atoms with Gasteiger partial charge in [-0.05, 0) is 37.6 Å². The average Bonchev–Trinajstić information content (AvgIpc) is 3.19. The molecule has 0 spiro atoms. The van der Waals surface area contributed by atoms with Crippen LogP contribution in [0.3, 0.4) is 0 Å². The minimum absolute atomic E-state index is 0.0286. The van der Waals surface area contributed by atoms with Gasteiger partial charge in [0.05, 0.1) is 17.8 Å². The van der Waals surface area contributed by atoms with Crippen LogP contribution in [0.1, 0.15) is 31.0 Å². The maximum absolute atomic E-state index is 13.8. The van der Waals surface area contributed by atoms with E-state index in [0.29, 0.717) is 35.1 Å². The minimum Gasteiger partial charge on any atom is -0.339 e. The molecule has 8 nitrogen and oxygen atoms in total. The molecule has 0 radical (unpaired) electrons. The predicted molar refractivity (Wildman–Crippen MR) is 121 cm³/mol. The van der Waals surface area contributed by atoms with E-state index in [1.807, 2.05) is 36.2 Å². The van der Waals surface area contributed by atoms with Crippen molar-refractivity contribution >= 4 is 29.1 Å². The zero-order chi connectivity index (χ0) is 22.7. The zero-order valence-electron chi connectivity index (χ0n) is 18.1. The van der Waals surface area contributed by atoms with E-state index in [1.54, 1.807) is 35.9 Å². The van der Waals surface area contributed by atoms with Crippen molar-refractivity contribution in [3.05, 3.63) is 74.3 Å². The number of nitrogens with zero attached hydrogens (tertiary/aromatic N) is 3. The van der Waals surface area contributed by atoms with Gasteiger partial charge in [0, 0.05) is 48.4 Å². The first-order valence-corrected chi connectivity index (χ1v) is 11.0. The molecule has 3 aliphatic rings. The molecule has 32 heavy (non-hydrogen) atoms. The molecule has 1 aromatic carbocycles. The summed E-state index contributed by atoms with van der Waals surface area (Å²) < 4.78 is 0. The highest BCUT2D eigenvalue weighted by Gasteiger charge is 2.52. The summed E-state index contributed by atoms with van der Waals surface area (Å²) in [7, 11) is 0. The standard InChI is InChI=1S/C23H24ClN5O3/c1-12-8-17(9-25-22(12)31)28-20(15-4-6-16(24)7-5-15)19-13(2)26-29(21(19)23(28)32)18-10-27(11-18)14(3)30/h4-9,13,18,20,26H,10-11H2,1-3H3,(H,25,31). The number of aromatic amines is 1. The van der Waals surface area contributed by atoms with Crippen molar-refractivity contribution in [3.63, 3.8) is 0 Å². The lowest BCUT2D eigenvalue weighted by molar-refractivity contribution is -0.136. The number of rotatable bonds is 3. The first-order valence-electron chi connectivity index (χ1n) is 10.6. The first-order chi connectivity index (χ1) is 15.3. The van der Waals surface area contributed by atoms with Crippen LogP contribution < -0.4 is 15.9 Å². The van der Waals surface area contributed by atoms with E-state index < -0.39 is 0 Å². The summed E-state index contributed by atoms with van der Waals surface area (Å²) in [6, 6.07) is 8.85. The van der Waals surface area contributed by atoms with Gasteiger partial charge in [-0.3, -0.25) is 24.3 Å². The van der Waals surface area contributed by atoms with Crippen molar-refractivity contribution in [2.75, 3.05) is 18.0 Å². The van der Waals surface area contributed by atoms with Crippen LogP contribution in [-0.2, 0) is 9.59 Å². The number of H-pyrrole nitrogens is 1. The summed E-state index contributed by atoms with van der Waals surface area (Å²) in [5.74, 6) is -0.102. The van der Waals surface area contributed by atoms with E-state index in [-0.39, 0.29) is 35.5 Å². The fourth-order valence-electron chi connectivity index (χ4n) is 4.78. The number of aromatic nitrogens is 1. The van der Waals surface area contributed by atoms with Gasteiger partial charge in [0.25, 0.3) is 11.5 Å². The zero-order valence-corrected chi connectivity index (χ0v) is 18.8. The van der Waals surface area contributed by atoms with E-state index in [1.165, 1.54) is 0 Å². The molecule has 2 unspecified atom stereocenters. The van der Waals surface area contributed by atoms with Gasteiger partial charge in [0.2, 0.25) is 5.91 Å². The summed E-state index contributed by atoms with van der Waals surface area (Å²) in [4.78, 5) is 43.7. The van der Waals surface area contributed by atoms with Crippen LogP contribution in [0.25, 0.3) is 0 Å². The third-order valence-corrected chi connectivity index (χ3v) is 6.75. The molecule has 1 saturated heterocycles. The van der Waals surface area contributed by atoms with Gasteiger partial charge in [-0.2, -0.15) is 0 Å². The molecule has 0 aliphatic carbocycles. The average molecular weight is 454 g/mol. The molecular formula is C23H24ClN5O3. The van der Waals surface area contributed by atoms with Crippen LogP contribution in [0.15, 0.2) is 52.6 Å². The number of hydrogen-bond donors (Lipinski definition) is 2. The van der Waals surface area contributed by atoms with Crippen LogP contribution in [0.2, 0.25) is 5.02 Å². The third-order valence-electron chi connectivity index (χ3n) is 6.50. The predicted octanol–water partition coefficient (Wildman–Crippen LogP) is 2.12. The Balaban J connectivity index is 1.59. The number of aryl methyl sites for hydroxylation is 1. The number of carbonyl (C=O) groups excluding carboxylic acids is 2. The van der Waals surface area contributed by atoms with E-state index in [2.05, 4.69) is 10.4 Å². The van der Waals surface area contributed by atoms with Crippen LogP contribution >= 0.6 is 11.6 Å². The quantitative estimate of drug-likeness (QED) is 0.743. The van der Waals surface area contributed by atoms with Crippen molar-refractivity contribution in [2.45, 2.75) is 38.9 Å². The van der Waals surface area contributed by atoms with Crippen LogP contribution in [-0.4, -0.2) is 51.9 Å². The molecule has 5 rings (SSSR count). The number of anilines is 1. The lowest BCUT2D eigenvalue weighted by Gasteiger charge is -2.45. The van der Waals surface area contributed by atoms with Crippen molar-refractivity contribution in [1.29, 1.82) is 0 Å². The normalized spacial score (nSPS) is 23.1. The van der Waals surface area contributed by atoms with Gasteiger partial charge in [0.1, 0.15) is 5.70 Å². The molecule has 2 N–H and O–H groups in total. The number of hydrazine groups is 1. The Kier molecular flexibility index (Phi) is 4.87. The lowest BCUT2D eigenvalue weighted by Crippen LogP contribution is -2.63. The molecule has 1 aromatic heterocycles. The fourth-order valence-corrected chi connectivity index (χ4v) is 4.90. The molecule has 1 fully saturated rings. The molecule has 3 aliphatic heterocycles. The Morgan fingerprint density at radius 3 is 2.47 bits per heavy atom. The number of pyridine rings is 1. The fraction of sp³-hybridized carbons (Fsp3) is 0.348. The SMILES string of the molecule is CC(=O)N1CC(N2NC(C)C3=C2C(=O)N(c2c[nH]c(=O)c(C)c2)C3c2ccc(Cl)cc2)C1. The van der Waals surface area contributed by atoms with Crippen molar-refractivity contribution in [3.8, 4) is 0 Å². The van der Waals surface area contributed by atoms with Gasteiger partial charge >= 0.3 is 0 Å². The number of hydrogen-bond acceptors (Lipinski definition) is 5. The highest BCUT2D eigenvalue weighted by atomic mass is 35.5. The number of halogens is 1. The van der Waals surface area contributed by atoms with Gasteiger partial charge in [-0.15, -0.1) is 0 Å². The second kappa shape index (κ2) is 7.50. The van der Waals surface area contributed by atoms with Gasteiger partial charge < -0.3 is 9.88 Å². The molecule has 9 heteroatoms. The minimum atomic E-state index is -0.337. The molecule has 0 bridgehead atoms. The number of likely N-dealkylation sites (tertiary alicyclic amines) is 1. The number of nitrogens with one attached hydrogen (secondary N) is 2. The van der Waals surface area contributed by atoms with E-state index in [0.717, 1.165) is 11.1 Å². The largest absolute Gasteiger partial charge is 0.339 e. The Morgan fingerprint density at radius 2 is 1.84 bits per heavy atom. The Labute approximate surface area is 190 Å². The summed E-state index contributed by atoms with van der Waals surface area (Å²) >= 11 is 6.12. The van der Waals surface area contributed by atoms with Crippen molar-refractivity contribution in [2.24, 2.45) is 0 Å². The molecule has 2 amide bonds. The maximum Gasteiger partial charge on any atom is 0.276 e. The van der Waals surface area contributed by atoms with Gasteiger partial charge in [-0.1, -0.05) is 23.7 Å². The van der Waals surface area contributed by atoms with Gasteiger partial charge in [-0.25, -0.2) is 5.43 Å². The smallest absolute Gasteiger partial charge is 0.276 e. The summed E-state index contributed by atoms with van der Waals surface area (Å²) in [5, 5.41) is 2.56. The lowest BCUT2D eigenvalue weighted by atomic mass is 9.95. The molecule has 0 saturated carbocycles. The number of benzene rings is 1. The molecular weight excluding hydrogens is 430 g/mol. The third kappa shape index (κ3) is 3.13. The topological polar surface area (TPSA) is 88.8 Å². The highest BCUT2D eigenvalue weighted by Crippen LogP contribution is 2.46. The number of amides is 2. The highest BCUT2D eigenvalue weighted by molar-refractivity contribution is 6.30. The van der Waals surface area contributed by atoms with Crippen LogP contribution in [0.4, 0.5) is 5.69 Å². The van der Waals surface area contributed by atoms with Crippen molar-refractivity contribution in [1.82, 2.24) is 20.3 Å². The Morgan fingerprint density at radius 1 is 1.16 bits per heavy atom. The maximum atomic E-state index is 13.8. The van der Waals surface area contributed by atoms with Crippen molar-refractivity contribution < 1.29 is 9.59 Å². The van der Waals surface area contributed by atoms with Gasteiger partial charge in [0.15, 0.2) is 0 Å². The Bertz CT molecular complexity index is 1200. The monoisotopic (exact) mass is 453 g/mol.